The first-order valence-corrected chi connectivity index (χ1v) is 6.50. The lowest BCUT2D eigenvalue weighted by atomic mass is 10.1. The van der Waals surface area contributed by atoms with Gasteiger partial charge in [-0.3, -0.25) is 9.48 Å². The Morgan fingerprint density at radius 1 is 1.50 bits per heavy atom. The molecule has 0 fully saturated rings. The summed E-state index contributed by atoms with van der Waals surface area (Å²) < 4.78 is 5.57. The van der Waals surface area contributed by atoms with E-state index in [-0.39, 0.29) is 5.78 Å². The Balaban J connectivity index is 2.27. The average Bonchev–Trinajstić information content (AvgIpc) is 2.94. The number of ketones is 1. The largest absolute Gasteiger partial charge is 0.289 e. The van der Waals surface area contributed by atoms with Gasteiger partial charge in [0.15, 0.2) is 5.78 Å². The van der Waals surface area contributed by atoms with Gasteiger partial charge in [-0.25, -0.2) is 0 Å². The molecule has 0 saturated heterocycles. The average molecular weight is 262 g/mol. The molecule has 18 heavy (non-hydrogen) atoms. The van der Waals surface area contributed by atoms with Crippen LogP contribution in [0.15, 0.2) is 11.5 Å². The summed E-state index contributed by atoms with van der Waals surface area (Å²) in [6, 6.07) is 0. The third kappa shape index (κ3) is 2.38. The number of hydrogen-bond donors (Lipinski definition) is 0. The van der Waals surface area contributed by atoms with Crippen LogP contribution in [0.1, 0.15) is 34.4 Å². The van der Waals surface area contributed by atoms with Crippen LogP contribution in [0, 0.1) is 13.8 Å². The van der Waals surface area contributed by atoms with Crippen molar-refractivity contribution in [2.75, 3.05) is 0 Å². The lowest BCUT2D eigenvalue weighted by Gasteiger charge is -1.99. The molecule has 0 aliphatic rings. The maximum Gasteiger partial charge on any atom is 0.189 e. The van der Waals surface area contributed by atoms with Crippen molar-refractivity contribution in [1.29, 1.82) is 0 Å². The second-order valence-corrected chi connectivity index (χ2v) is 4.50. The summed E-state index contributed by atoms with van der Waals surface area (Å²) in [5.74, 6) is -0.0438. The first-order chi connectivity index (χ1) is 8.63. The predicted molar refractivity (Wildman–Crippen MR) is 70.6 cm³/mol. The highest BCUT2D eigenvalue weighted by molar-refractivity contribution is 7.03. The molecule has 6 heteroatoms. The topological polar surface area (TPSA) is 60.7 Å². The van der Waals surface area contributed by atoms with Gasteiger partial charge < -0.3 is 0 Å². The number of nitrogens with zero attached hydrogens (tertiary/aromatic N) is 4. The van der Waals surface area contributed by atoms with Crippen LogP contribution in [0.5, 0.6) is 0 Å². The zero-order valence-corrected chi connectivity index (χ0v) is 11.4. The molecule has 0 spiro atoms. The fourth-order valence-electron chi connectivity index (χ4n) is 1.85. The Kier molecular flexibility index (Phi) is 3.66. The number of hydrogen-bond acceptors (Lipinski definition) is 5. The maximum atomic E-state index is 12.1. The van der Waals surface area contributed by atoms with E-state index in [1.54, 1.807) is 11.5 Å². The second-order valence-electron chi connectivity index (χ2n) is 3.89. The first-order valence-electron chi connectivity index (χ1n) is 5.67. The minimum Gasteiger partial charge on any atom is -0.289 e. The maximum absolute atomic E-state index is 12.1. The predicted octanol–water partition coefficient (Wildman–Crippen LogP) is 2.27. The Hall–Kier alpha value is -1.82. The molecule has 2 aromatic heterocycles. The van der Waals surface area contributed by atoms with E-state index in [4.69, 9.17) is 0 Å². The van der Waals surface area contributed by atoms with Crippen molar-refractivity contribution < 1.29 is 4.79 Å². The summed E-state index contributed by atoms with van der Waals surface area (Å²) in [5.41, 5.74) is 3.05. The summed E-state index contributed by atoms with van der Waals surface area (Å²) in [6.07, 6.45) is 3.20. The zero-order valence-electron chi connectivity index (χ0n) is 10.5. The molecule has 0 aliphatic carbocycles. The number of carbonyl (C=O) groups excluding carboxylic acids is 1. The molecule has 0 unspecified atom stereocenters. The van der Waals surface area contributed by atoms with Gasteiger partial charge in [0, 0.05) is 17.6 Å². The molecular weight excluding hydrogens is 248 g/mol. The third-order valence-electron chi connectivity index (χ3n) is 2.71. The number of carbonyl (C=O) groups is 1. The molecule has 2 aromatic rings. The molecule has 0 radical (unpaired) electrons. The standard InChI is InChI=1S/C12H14N4OS/c1-4-16-9(3)12(8(2)14-16)11(17)6-5-10-7-18-15-13-10/h5-7H,4H2,1-3H3/b6-5-. The highest BCUT2D eigenvalue weighted by Gasteiger charge is 2.15. The number of allylic oxidation sites excluding steroid dienone is 1. The molecule has 5 nitrogen and oxygen atoms in total. The normalized spacial score (nSPS) is 11.3. The van der Waals surface area contributed by atoms with Crippen LogP contribution in [0.3, 0.4) is 0 Å². The van der Waals surface area contributed by atoms with Crippen molar-refractivity contribution >= 4 is 23.4 Å². The van der Waals surface area contributed by atoms with Crippen molar-refractivity contribution in [3.8, 4) is 0 Å². The van der Waals surface area contributed by atoms with Crippen LogP contribution >= 0.6 is 11.5 Å². The molecule has 2 heterocycles. The summed E-state index contributed by atoms with van der Waals surface area (Å²) in [6.45, 7) is 6.53. The van der Waals surface area contributed by atoms with Crippen molar-refractivity contribution in [3.05, 3.63) is 34.1 Å². The Morgan fingerprint density at radius 3 is 2.83 bits per heavy atom. The zero-order chi connectivity index (χ0) is 13.1. The van der Waals surface area contributed by atoms with E-state index >= 15 is 0 Å². The molecule has 0 amide bonds. The van der Waals surface area contributed by atoms with E-state index in [0.29, 0.717) is 11.3 Å². The number of aromatic nitrogens is 4. The molecule has 0 atom stereocenters. The van der Waals surface area contributed by atoms with Gasteiger partial charge in [-0.15, -0.1) is 5.10 Å². The van der Waals surface area contributed by atoms with E-state index in [1.807, 2.05) is 25.5 Å². The summed E-state index contributed by atoms with van der Waals surface area (Å²) in [4.78, 5) is 12.1. The highest BCUT2D eigenvalue weighted by Crippen LogP contribution is 2.15. The molecule has 0 aromatic carbocycles. The summed E-state index contributed by atoms with van der Waals surface area (Å²) in [7, 11) is 0. The minimum absolute atomic E-state index is 0.0438. The van der Waals surface area contributed by atoms with Gasteiger partial charge in [0.25, 0.3) is 0 Å². The second kappa shape index (κ2) is 5.22. The van der Waals surface area contributed by atoms with E-state index in [9.17, 15) is 4.79 Å². The molecule has 94 valence electrons. The van der Waals surface area contributed by atoms with Crippen LogP contribution in [-0.4, -0.2) is 25.2 Å². The first kappa shape index (κ1) is 12.6. The van der Waals surface area contributed by atoms with E-state index in [0.717, 1.165) is 17.9 Å². The lowest BCUT2D eigenvalue weighted by Crippen LogP contribution is -2.01. The van der Waals surface area contributed by atoms with E-state index < -0.39 is 0 Å². The molecular formula is C12H14N4OS. The van der Waals surface area contributed by atoms with Gasteiger partial charge in [0.05, 0.1) is 17.0 Å². The van der Waals surface area contributed by atoms with E-state index in [1.165, 1.54) is 17.6 Å². The van der Waals surface area contributed by atoms with E-state index in [2.05, 4.69) is 14.7 Å². The van der Waals surface area contributed by atoms with Crippen LogP contribution in [0.4, 0.5) is 0 Å². The van der Waals surface area contributed by atoms with Gasteiger partial charge in [-0.2, -0.15) is 5.10 Å². The van der Waals surface area contributed by atoms with Crippen LogP contribution in [-0.2, 0) is 6.54 Å². The van der Waals surface area contributed by atoms with Crippen LogP contribution in [0.25, 0.3) is 6.08 Å². The SMILES string of the molecule is CCn1nc(C)c(C(=O)/C=C\c2csnn2)c1C. The Labute approximate surface area is 109 Å². The van der Waals surface area contributed by atoms with Gasteiger partial charge in [-0.05, 0) is 44.5 Å². The Bertz CT molecular complexity index is 583. The third-order valence-corrected chi connectivity index (χ3v) is 3.23. The summed E-state index contributed by atoms with van der Waals surface area (Å²) in [5, 5.41) is 9.98. The number of rotatable bonds is 4. The highest BCUT2D eigenvalue weighted by atomic mass is 32.1. The van der Waals surface area contributed by atoms with Crippen LogP contribution < -0.4 is 0 Å². The van der Waals surface area contributed by atoms with Crippen LogP contribution in [0.2, 0.25) is 0 Å². The minimum atomic E-state index is -0.0438. The van der Waals surface area contributed by atoms with Gasteiger partial charge in [0.1, 0.15) is 0 Å². The van der Waals surface area contributed by atoms with Crippen molar-refractivity contribution in [1.82, 2.24) is 19.4 Å². The van der Waals surface area contributed by atoms with Gasteiger partial charge in [0.2, 0.25) is 0 Å². The van der Waals surface area contributed by atoms with Crippen molar-refractivity contribution in [3.63, 3.8) is 0 Å². The smallest absolute Gasteiger partial charge is 0.189 e. The monoisotopic (exact) mass is 262 g/mol. The molecule has 0 aliphatic heterocycles. The number of aryl methyl sites for hydroxylation is 2. The quantitative estimate of drug-likeness (QED) is 0.626. The van der Waals surface area contributed by atoms with Crippen molar-refractivity contribution in [2.45, 2.75) is 27.3 Å². The van der Waals surface area contributed by atoms with Gasteiger partial charge >= 0.3 is 0 Å². The van der Waals surface area contributed by atoms with Gasteiger partial charge in [-0.1, -0.05) is 4.49 Å². The molecule has 2 rings (SSSR count). The summed E-state index contributed by atoms with van der Waals surface area (Å²) >= 11 is 1.26. The molecule has 0 N–H and O–H groups in total. The van der Waals surface area contributed by atoms with Crippen molar-refractivity contribution in [2.24, 2.45) is 0 Å². The lowest BCUT2D eigenvalue weighted by molar-refractivity contribution is 0.104. The molecule has 0 bridgehead atoms. The molecule has 0 saturated carbocycles. The fraction of sp³-hybridized carbons (Fsp3) is 0.333. The Morgan fingerprint density at radius 2 is 2.28 bits per heavy atom. The fourth-order valence-corrected chi connectivity index (χ4v) is 2.27.